The predicted octanol–water partition coefficient (Wildman–Crippen LogP) is 3.49. The lowest BCUT2D eigenvalue weighted by Gasteiger charge is -2.18. The zero-order valence-corrected chi connectivity index (χ0v) is 12.8. The van der Waals surface area contributed by atoms with Crippen LogP contribution in [0.25, 0.3) is 0 Å². The predicted molar refractivity (Wildman–Crippen MR) is 78.2 cm³/mol. The van der Waals surface area contributed by atoms with E-state index in [2.05, 4.69) is 15.9 Å². The SMILES string of the molecule is CC(=O)SC1CC(=O)N(c2ccc(Br)cc2Cl)C1. The van der Waals surface area contributed by atoms with Crippen molar-refractivity contribution < 1.29 is 9.59 Å². The van der Waals surface area contributed by atoms with Crippen molar-refractivity contribution in [3.05, 3.63) is 27.7 Å². The van der Waals surface area contributed by atoms with Crippen LogP contribution in [-0.2, 0) is 9.59 Å². The minimum atomic E-state index is 0.0120. The molecular weight excluding hydrogens is 338 g/mol. The summed E-state index contributed by atoms with van der Waals surface area (Å²) in [5.41, 5.74) is 0.705. The number of anilines is 1. The lowest BCUT2D eigenvalue weighted by Crippen LogP contribution is -2.25. The van der Waals surface area contributed by atoms with E-state index in [-0.39, 0.29) is 16.3 Å². The molecule has 1 fully saturated rings. The molecule has 0 aromatic heterocycles. The van der Waals surface area contributed by atoms with Gasteiger partial charge in [-0.3, -0.25) is 9.59 Å². The number of carbonyl (C=O) groups excluding carboxylic acids is 2. The van der Waals surface area contributed by atoms with E-state index in [9.17, 15) is 9.59 Å². The standard InChI is InChI=1S/C12H11BrClNO2S/c1-7(16)18-9-5-12(17)15(6-9)11-3-2-8(13)4-10(11)14/h2-4,9H,5-6H2,1H3. The highest BCUT2D eigenvalue weighted by molar-refractivity contribution is 9.10. The first-order valence-corrected chi connectivity index (χ1v) is 7.45. The molecule has 1 heterocycles. The Hall–Kier alpha value is -0.520. The Bertz CT molecular complexity index is 509. The van der Waals surface area contributed by atoms with Crippen LogP contribution in [0.4, 0.5) is 5.69 Å². The maximum atomic E-state index is 11.9. The Labute approximate surface area is 123 Å². The second-order valence-electron chi connectivity index (χ2n) is 4.04. The summed E-state index contributed by atoms with van der Waals surface area (Å²) in [6.07, 6.45) is 0.386. The highest BCUT2D eigenvalue weighted by atomic mass is 79.9. The zero-order chi connectivity index (χ0) is 13.3. The smallest absolute Gasteiger partial charge is 0.228 e. The minimum Gasteiger partial charge on any atom is -0.310 e. The van der Waals surface area contributed by atoms with E-state index in [0.717, 1.165) is 4.47 Å². The van der Waals surface area contributed by atoms with Gasteiger partial charge in [0.25, 0.3) is 0 Å². The molecule has 1 aromatic carbocycles. The summed E-state index contributed by atoms with van der Waals surface area (Å²) < 4.78 is 0.873. The average Bonchev–Trinajstić information content (AvgIpc) is 2.58. The number of carbonyl (C=O) groups is 2. The van der Waals surface area contributed by atoms with Gasteiger partial charge in [-0.2, -0.15) is 0 Å². The minimum absolute atomic E-state index is 0.0120. The first-order chi connectivity index (χ1) is 8.47. The van der Waals surface area contributed by atoms with Gasteiger partial charge in [0, 0.05) is 29.6 Å². The highest BCUT2D eigenvalue weighted by Gasteiger charge is 2.32. The van der Waals surface area contributed by atoms with E-state index in [0.29, 0.717) is 23.7 Å². The number of benzene rings is 1. The molecule has 1 aromatic rings. The van der Waals surface area contributed by atoms with Crippen LogP contribution in [0.1, 0.15) is 13.3 Å². The first-order valence-electron chi connectivity index (χ1n) is 5.40. The third-order valence-corrected chi connectivity index (χ3v) is 4.40. The fourth-order valence-electron chi connectivity index (χ4n) is 1.92. The third kappa shape index (κ3) is 3.08. The lowest BCUT2D eigenvalue weighted by molar-refractivity contribution is -0.117. The van der Waals surface area contributed by atoms with Crippen molar-refractivity contribution in [3.63, 3.8) is 0 Å². The summed E-state index contributed by atoms with van der Waals surface area (Å²) in [6.45, 7) is 2.05. The van der Waals surface area contributed by atoms with Gasteiger partial charge < -0.3 is 4.90 Å². The molecule has 18 heavy (non-hydrogen) atoms. The molecular formula is C12H11BrClNO2S. The molecule has 3 nitrogen and oxygen atoms in total. The Morgan fingerprint density at radius 3 is 2.89 bits per heavy atom. The fraction of sp³-hybridized carbons (Fsp3) is 0.333. The Balaban J connectivity index is 2.19. The molecule has 1 aliphatic rings. The molecule has 0 aliphatic carbocycles. The molecule has 6 heteroatoms. The molecule has 2 rings (SSSR count). The monoisotopic (exact) mass is 347 g/mol. The van der Waals surface area contributed by atoms with Crippen LogP contribution in [0, 0.1) is 0 Å². The number of hydrogen-bond donors (Lipinski definition) is 0. The summed E-state index contributed by atoms with van der Waals surface area (Å²) in [7, 11) is 0. The topological polar surface area (TPSA) is 37.4 Å². The number of hydrogen-bond acceptors (Lipinski definition) is 3. The van der Waals surface area contributed by atoms with Crippen molar-refractivity contribution >= 4 is 56.0 Å². The molecule has 1 amide bonds. The van der Waals surface area contributed by atoms with Gasteiger partial charge in [-0.1, -0.05) is 39.3 Å². The summed E-state index contributed by atoms with van der Waals surface area (Å²) in [4.78, 5) is 24.6. The molecule has 0 saturated carbocycles. The molecule has 1 aliphatic heterocycles. The molecule has 1 saturated heterocycles. The lowest BCUT2D eigenvalue weighted by atomic mass is 10.3. The van der Waals surface area contributed by atoms with Crippen LogP contribution >= 0.6 is 39.3 Å². The van der Waals surface area contributed by atoms with Crippen LogP contribution < -0.4 is 4.90 Å². The Kier molecular flexibility index (Phi) is 4.35. The van der Waals surface area contributed by atoms with Crippen LogP contribution in [0.3, 0.4) is 0 Å². The zero-order valence-electron chi connectivity index (χ0n) is 9.65. The highest BCUT2D eigenvalue weighted by Crippen LogP contribution is 2.34. The largest absolute Gasteiger partial charge is 0.310 e. The number of amides is 1. The van der Waals surface area contributed by atoms with Crippen LogP contribution in [0.5, 0.6) is 0 Å². The quantitative estimate of drug-likeness (QED) is 0.821. The van der Waals surface area contributed by atoms with E-state index in [4.69, 9.17) is 11.6 Å². The molecule has 0 N–H and O–H groups in total. The van der Waals surface area contributed by atoms with Crippen molar-refractivity contribution in [2.75, 3.05) is 11.4 Å². The van der Waals surface area contributed by atoms with Gasteiger partial charge in [-0.25, -0.2) is 0 Å². The van der Waals surface area contributed by atoms with Crippen molar-refractivity contribution in [2.45, 2.75) is 18.6 Å². The van der Waals surface area contributed by atoms with Crippen molar-refractivity contribution in [1.82, 2.24) is 0 Å². The average molecular weight is 349 g/mol. The van der Waals surface area contributed by atoms with Gasteiger partial charge in [0.2, 0.25) is 5.91 Å². The Morgan fingerprint density at radius 1 is 1.56 bits per heavy atom. The van der Waals surface area contributed by atoms with Crippen LogP contribution in [0.15, 0.2) is 22.7 Å². The number of nitrogens with zero attached hydrogens (tertiary/aromatic N) is 1. The number of halogens is 2. The Morgan fingerprint density at radius 2 is 2.28 bits per heavy atom. The number of rotatable bonds is 2. The van der Waals surface area contributed by atoms with Gasteiger partial charge in [-0.05, 0) is 18.2 Å². The fourth-order valence-corrected chi connectivity index (χ4v) is 3.62. The molecule has 1 atom stereocenters. The maximum absolute atomic E-state index is 11.9. The second kappa shape index (κ2) is 5.63. The first kappa shape index (κ1) is 13.9. The van der Waals surface area contributed by atoms with Crippen LogP contribution in [-0.4, -0.2) is 22.8 Å². The van der Waals surface area contributed by atoms with Gasteiger partial charge in [-0.15, -0.1) is 0 Å². The summed E-state index contributed by atoms with van der Waals surface area (Å²) >= 11 is 10.7. The maximum Gasteiger partial charge on any atom is 0.228 e. The molecule has 1 unspecified atom stereocenters. The van der Waals surface area contributed by atoms with E-state index in [1.165, 1.54) is 18.7 Å². The van der Waals surface area contributed by atoms with Crippen molar-refractivity contribution in [3.8, 4) is 0 Å². The molecule has 0 radical (unpaired) electrons. The van der Waals surface area contributed by atoms with E-state index in [1.54, 1.807) is 11.0 Å². The summed E-state index contributed by atoms with van der Waals surface area (Å²) in [5, 5.41) is 0.595. The van der Waals surface area contributed by atoms with Crippen molar-refractivity contribution in [1.29, 1.82) is 0 Å². The van der Waals surface area contributed by atoms with E-state index >= 15 is 0 Å². The second-order valence-corrected chi connectivity index (χ2v) is 6.84. The third-order valence-electron chi connectivity index (χ3n) is 2.62. The summed E-state index contributed by atoms with van der Waals surface area (Å²) in [5.74, 6) is 0.0120. The molecule has 96 valence electrons. The summed E-state index contributed by atoms with van der Waals surface area (Å²) in [6, 6.07) is 5.42. The van der Waals surface area contributed by atoms with Gasteiger partial charge >= 0.3 is 0 Å². The normalized spacial score (nSPS) is 19.4. The molecule has 0 bridgehead atoms. The van der Waals surface area contributed by atoms with E-state index in [1.807, 2.05) is 12.1 Å². The van der Waals surface area contributed by atoms with Gasteiger partial charge in [0.15, 0.2) is 5.12 Å². The van der Waals surface area contributed by atoms with Crippen molar-refractivity contribution in [2.24, 2.45) is 0 Å². The van der Waals surface area contributed by atoms with Crippen LogP contribution in [0.2, 0.25) is 5.02 Å². The van der Waals surface area contributed by atoms with Gasteiger partial charge in [0.1, 0.15) is 0 Å². The van der Waals surface area contributed by atoms with E-state index < -0.39 is 0 Å². The number of thioether (sulfide) groups is 1. The molecule has 0 spiro atoms. The van der Waals surface area contributed by atoms with Gasteiger partial charge in [0.05, 0.1) is 10.7 Å².